The molecule has 3 heteroatoms. The summed E-state index contributed by atoms with van der Waals surface area (Å²) in [6, 6.07) is 1.61. The predicted octanol–water partition coefficient (Wildman–Crippen LogP) is 1.91. The fraction of sp³-hybridized carbons (Fsp3) is 1.00. The van der Waals surface area contributed by atoms with Crippen molar-refractivity contribution in [3.05, 3.63) is 0 Å². The molecule has 0 radical (unpaired) electrons. The third-order valence-corrected chi connectivity index (χ3v) is 4.51. The van der Waals surface area contributed by atoms with Gasteiger partial charge in [-0.1, -0.05) is 19.3 Å². The van der Waals surface area contributed by atoms with E-state index in [0.717, 1.165) is 18.0 Å². The van der Waals surface area contributed by atoms with Gasteiger partial charge in [-0.15, -0.1) is 11.8 Å². The van der Waals surface area contributed by atoms with Crippen molar-refractivity contribution in [2.75, 3.05) is 25.2 Å². The van der Waals surface area contributed by atoms with Crippen molar-refractivity contribution in [3.63, 3.8) is 0 Å². The highest BCUT2D eigenvalue weighted by atomic mass is 32.2. The van der Waals surface area contributed by atoms with Crippen LogP contribution in [0.25, 0.3) is 0 Å². The molecule has 2 fully saturated rings. The summed E-state index contributed by atoms with van der Waals surface area (Å²) in [5, 5.41) is 3.55. The minimum Gasteiger partial charge on any atom is -0.303 e. The highest BCUT2D eigenvalue weighted by Gasteiger charge is 2.22. The molecular formula is C11H22N2S. The van der Waals surface area contributed by atoms with E-state index in [1.165, 1.54) is 44.4 Å². The first-order valence-corrected chi connectivity index (χ1v) is 7.03. The second kappa shape index (κ2) is 5.38. The number of thioether (sulfide) groups is 1. The van der Waals surface area contributed by atoms with Crippen LogP contribution in [0.5, 0.6) is 0 Å². The van der Waals surface area contributed by atoms with Crippen LogP contribution in [-0.4, -0.2) is 42.2 Å². The van der Waals surface area contributed by atoms with Gasteiger partial charge in [0.1, 0.15) is 0 Å². The van der Waals surface area contributed by atoms with Crippen LogP contribution in [0.3, 0.4) is 0 Å². The Bertz CT molecular complexity index is 163. The van der Waals surface area contributed by atoms with E-state index in [4.69, 9.17) is 0 Å². The average Bonchev–Trinajstić information content (AvgIpc) is 2.72. The summed E-state index contributed by atoms with van der Waals surface area (Å²) in [6.45, 7) is 1.25. The van der Waals surface area contributed by atoms with Gasteiger partial charge >= 0.3 is 0 Å². The van der Waals surface area contributed by atoms with Crippen molar-refractivity contribution in [1.29, 1.82) is 0 Å². The molecule has 1 N–H and O–H groups in total. The maximum Gasteiger partial charge on any atom is 0.0421 e. The first-order chi connectivity index (χ1) is 6.86. The lowest BCUT2D eigenvalue weighted by atomic mass is 9.94. The number of nitrogens with one attached hydrogen (secondary N) is 1. The van der Waals surface area contributed by atoms with Crippen molar-refractivity contribution < 1.29 is 0 Å². The van der Waals surface area contributed by atoms with E-state index >= 15 is 0 Å². The quantitative estimate of drug-likeness (QED) is 0.772. The van der Waals surface area contributed by atoms with Crippen molar-refractivity contribution in [1.82, 2.24) is 10.2 Å². The van der Waals surface area contributed by atoms with E-state index in [2.05, 4.69) is 17.3 Å². The Labute approximate surface area is 91.8 Å². The predicted molar refractivity (Wildman–Crippen MR) is 63.8 cm³/mol. The minimum absolute atomic E-state index is 0.743. The largest absolute Gasteiger partial charge is 0.303 e. The molecule has 14 heavy (non-hydrogen) atoms. The first-order valence-electron chi connectivity index (χ1n) is 5.87. The van der Waals surface area contributed by atoms with Crippen molar-refractivity contribution in [3.8, 4) is 0 Å². The maximum atomic E-state index is 3.55. The highest BCUT2D eigenvalue weighted by molar-refractivity contribution is 7.99. The van der Waals surface area contributed by atoms with Crippen molar-refractivity contribution in [2.24, 2.45) is 0 Å². The summed E-state index contributed by atoms with van der Waals surface area (Å²) in [7, 11) is 2.31. The molecule has 0 bridgehead atoms. The monoisotopic (exact) mass is 214 g/mol. The molecular weight excluding hydrogens is 192 g/mol. The van der Waals surface area contributed by atoms with Crippen molar-refractivity contribution in [2.45, 2.75) is 44.2 Å². The molecule has 2 rings (SSSR count). The molecule has 0 aromatic carbocycles. The van der Waals surface area contributed by atoms with Crippen LogP contribution in [0, 0.1) is 0 Å². The van der Waals surface area contributed by atoms with E-state index < -0.39 is 0 Å². The number of hydrogen-bond acceptors (Lipinski definition) is 3. The Morgan fingerprint density at radius 2 is 2.07 bits per heavy atom. The molecule has 1 aliphatic carbocycles. The van der Waals surface area contributed by atoms with Gasteiger partial charge in [0.15, 0.2) is 0 Å². The summed E-state index contributed by atoms with van der Waals surface area (Å²) >= 11 is 2.03. The summed E-state index contributed by atoms with van der Waals surface area (Å²) < 4.78 is 0. The third kappa shape index (κ3) is 2.88. The molecule has 2 aliphatic rings. The Balaban J connectivity index is 1.72. The molecule has 0 aromatic rings. The standard InChI is InChI=1S/C11H22N2S/c1-13(7-10-8-14-9-12-10)11-5-3-2-4-6-11/h10-12H,2-9H2,1H3. The molecule has 82 valence electrons. The van der Waals surface area contributed by atoms with Gasteiger partial charge in [-0.2, -0.15) is 0 Å². The topological polar surface area (TPSA) is 15.3 Å². The van der Waals surface area contributed by atoms with Gasteiger partial charge < -0.3 is 10.2 Å². The maximum absolute atomic E-state index is 3.55. The number of nitrogens with zero attached hydrogens (tertiary/aromatic N) is 1. The van der Waals surface area contributed by atoms with Crippen LogP contribution in [0.1, 0.15) is 32.1 Å². The summed E-state index contributed by atoms with van der Waals surface area (Å²) in [5.74, 6) is 2.46. The van der Waals surface area contributed by atoms with Crippen LogP contribution < -0.4 is 5.32 Å². The van der Waals surface area contributed by atoms with Gasteiger partial charge in [-0.05, 0) is 19.9 Å². The van der Waals surface area contributed by atoms with Gasteiger partial charge in [0.05, 0.1) is 0 Å². The fourth-order valence-electron chi connectivity index (χ4n) is 2.57. The Morgan fingerprint density at radius 3 is 2.71 bits per heavy atom. The van der Waals surface area contributed by atoms with Crippen LogP contribution in [0.2, 0.25) is 0 Å². The zero-order chi connectivity index (χ0) is 9.80. The van der Waals surface area contributed by atoms with Gasteiger partial charge in [-0.3, -0.25) is 0 Å². The smallest absolute Gasteiger partial charge is 0.0421 e. The van der Waals surface area contributed by atoms with Gasteiger partial charge in [-0.25, -0.2) is 0 Å². The number of rotatable bonds is 3. The van der Waals surface area contributed by atoms with Crippen LogP contribution in [-0.2, 0) is 0 Å². The van der Waals surface area contributed by atoms with Crippen molar-refractivity contribution >= 4 is 11.8 Å². The third-order valence-electron chi connectivity index (χ3n) is 3.50. The molecule has 0 amide bonds. The Hall–Kier alpha value is 0.270. The minimum atomic E-state index is 0.743. The molecule has 0 spiro atoms. The molecule has 1 heterocycles. The van der Waals surface area contributed by atoms with Gasteiger partial charge in [0, 0.05) is 30.3 Å². The van der Waals surface area contributed by atoms with Crippen LogP contribution in [0.4, 0.5) is 0 Å². The molecule has 1 saturated carbocycles. The SMILES string of the molecule is CN(CC1CSCN1)C1CCCCC1. The normalized spacial score (nSPS) is 30.0. The van der Waals surface area contributed by atoms with E-state index in [-0.39, 0.29) is 0 Å². The van der Waals surface area contributed by atoms with Gasteiger partial charge in [0.2, 0.25) is 0 Å². The highest BCUT2D eigenvalue weighted by Crippen LogP contribution is 2.22. The van der Waals surface area contributed by atoms with E-state index in [9.17, 15) is 0 Å². The van der Waals surface area contributed by atoms with Gasteiger partial charge in [0.25, 0.3) is 0 Å². The van der Waals surface area contributed by atoms with E-state index in [1.807, 2.05) is 11.8 Å². The average molecular weight is 214 g/mol. The lowest BCUT2D eigenvalue weighted by Gasteiger charge is -2.32. The zero-order valence-electron chi connectivity index (χ0n) is 9.17. The molecule has 1 saturated heterocycles. The molecule has 2 nitrogen and oxygen atoms in total. The molecule has 0 aromatic heterocycles. The van der Waals surface area contributed by atoms with Crippen LogP contribution >= 0.6 is 11.8 Å². The number of hydrogen-bond donors (Lipinski definition) is 1. The zero-order valence-corrected chi connectivity index (χ0v) is 9.98. The fourth-order valence-corrected chi connectivity index (χ4v) is 3.55. The lowest BCUT2D eigenvalue weighted by Crippen LogP contribution is -2.42. The molecule has 1 atom stereocenters. The van der Waals surface area contributed by atoms with E-state index in [1.54, 1.807) is 0 Å². The summed E-state index contributed by atoms with van der Waals surface area (Å²) in [5.41, 5.74) is 0. The van der Waals surface area contributed by atoms with Crippen LogP contribution in [0.15, 0.2) is 0 Å². The summed E-state index contributed by atoms with van der Waals surface area (Å²) in [4.78, 5) is 2.59. The molecule has 1 aliphatic heterocycles. The lowest BCUT2D eigenvalue weighted by molar-refractivity contribution is 0.181. The summed E-state index contributed by atoms with van der Waals surface area (Å²) in [6.07, 6.45) is 7.21. The first kappa shape index (κ1) is 10.8. The second-order valence-corrected chi connectivity index (χ2v) is 5.68. The Morgan fingerprint density at radius 1 is 1.29 bits per heavy atom. The second-order valence-electron chi connectivity index (χ2n) is 4.65. The van der Waals surface area contributed by atoms with E-state index in [0.29, 0.717) is 0 Å². The molecule has 1 unspecified atom stereocenters. The Kier molecular flexibility index (Phi) is 4.14. The number of likely N-dealkylation sites (N-methyl/N-ethyl adjacent to an activating group) is 1.